The van der Waals surface area contributed by atoms with Crippen LogP contribution in [0, 0.1) is 24.0 Å². The normalized spacial score (nSPS) is 17.2. The van der Waals surface area contributed by atoms with Crippen LogP contribution in [0.5, 0.6) is 0 Å². The minimum Gasteiger partial charge on any atom is -0.507 e. The third-order valence-electron chi connectivity index (χ3n) is 6.50. The highest BCUT2D eigenvalue weighted by Crippen LogP contribution is 2.45. The molecule has 8 nitrogen and oxygen atoms in total. The molecule has 180 valence electrons. The number of para-hydroxylation sites is 1. The van der Waals surface area contributed by atoms with Gasteiger partial charge in [-0.1, -0.05) is 24.3 Å². The topological polar surface area (TPSA) is 106 Å². The highest BCUT2D eigenvalue weighted by molar-refractivity contribution is 6.52. The molecule has 8 heteroatoms. The Labute approximate surface area is 206 Å². The predicted octanol–water partition coefficient (Wildman–Crippen LogP) is 5.33. The summed E-state index contributed by atoms with van der Waals surface area (Å²) in [6.45, 7) is 3.83. The molecule has 1 N–H and O–H groups in total. The molecule has 0 saturated carbocycles. The van der Waals surface area contributed by atoms with Gasteiger partial charge in [0.15, 0.2) is 0 Å². The fraction of sp³-hybridized carbons (Fsp3) is 0.143. The largest absolute Gasteiger partial charge is 0.507 e. The van der Waals surface area contributed by atoms with Gasteiger partial charge in [0.25, 0.3) is 17.4 Å². The van der Waals surface area contributed by atoms with Gasteiger partial charge in [-0.3, -0.25) is 24.6 Å². The lowest BCUT2D eigenvalue weighted by Crippen LogP contribution is -2.29. The Morgan fingerprint density at radius 1 is 0.972 bits per heavy atom. The maximum atomic E-state index is 13.5. The van der Waals surface area contributed by atoms with Gasteiger partial charge in [0, 0.05) is 53.1 Å². The van der Waals surface area contributed by atoms with Crippen molar-refractivity contribution < 1.29 is 19.6 Å². The van der Waals surface area contributed by atoms with Crippen LogP contribution in [0.4, 0.5) is 11.4 Å². The van der Waals surface area contributed by atoms with Gasteiger partial charge in [-0.15, -0.1) is 0 Å². The van der Waals surface area contributed by atoms with Gasteiger partial charge in [-0.2, -0.15) is 0 Å². The average molecular weight is 482 g/mol. The molecule has 1 saturated heterocycles. The van der Waals surface area contributed by atoms with Gasteiger partial charge in [-0.25, -0.2) is 0 Å². The quantitative estimate of drug-likeness (QED) is 0.139. The van der Waals surface area contributed by atoms with Crippen LogP contribution in [0.25, 0.3) is 16.7 Å². The van der Waals surface area contributed by atoms with Crippen molar-refractivity contribution in [3.63, 3.8) is 0 Å². The minimum absolute atomic E-state index is 0.0654. The molecule has 4 aromatic rings. The smallest absolute Gasteiger partial charge is 0.300 e. The Kier molecular flexibility index (Phi) is 5.44. The van der Waals surface area contributed by atoms with E-state index in [0.29, 0.717) is 11.3 Å². The van der Waals surface area contributed by atoms with Crippen molar-refractivity contribution in [2.75, 3.05) is 4.90 Å². The molecule has 1 aliphatic heterocycles. The number of carbonyl (C=O) groups excluding carboxylic acids is 2. The lowest BCUT2D eigenvalue weighted by molar-refractivity contribution is -0.384. The molecule has 1 unspecified atom stereocenters. The molecule has 36 heavy (non-hydrogen) atoms. The van der Waals surface area contributed by atoms with Crippen molar-refractivity contribution in [1.82, 2.24) is 4.57 Å². The number of rotatable bonds is 4. The van der Waals surface area contributed by atoms with Crippen molar-refractivity contribution in [3.05, 3.63) is 111 Å². The lowest BCUT2D eigenvalue weighted by atomic mass is 9.94. The minimum atomic E-state index is -0.896. The van der Waals surface area contributed by atoms with Gasteiger partial charge in [0.05, 0.1) is 16.5 Å². The Morgan fingerprint density at radius 3 is 2.25 bits per heavy atom. The fourth-order valence-electron chi connectivity index (χ4n) is 4.97. The van der Waals surface area contributed by atoms with E-state index >= 15 is 0 Å². The van der Waals surface area contributed by atoms with Crippen molar-refractivity contribution in [2.45, 2.75) is 19.9 Å². The number of aromatic nitrogens is 1. The van der Waals surface area contributed by atoms with E-state index in [-0.39, 0.29) is 22.6 Å². The van der Waals surface area contributed by atoms with Gasteiger partial charge in [-0.05, 0) is 55.3 Å². The highest BCUT2D eigenvalue weighted by Gasteiger charge is 2.48. The molecule has 0 aliphatic carbocycles. The van der Waals surface area contributed by atoms with Gasteiger partial charge >= 0.3 is 0 Å². The lowest BCUT2D eigenvalue weighted by Gasteiger charge is -2.25. The zero-order valence-electron chi connectivity index (χ0n) is 19.9. The monoisotopic (exact) mass is 481 g/mol. The second-order valence-corrected chi connectivity index (χ2v) is 9.03. The number of hydrogen-bond acceptors (Lipinski definition) is 5. The third-order valence-corrected chi connectivity index (χ3v) is 6.50. The summed E-state index contributed by atoms with van der Waals surface area (Å²) in [4.78, 5) is 38.9. The van der Waals surface area contributed by atoms with Crippen LogP contribution in [0.3, 0.4) is 0 Å². The summed E-state index contributed by atoms with van der Waals surface area (Å²) in [5.74, 6) is -1.95. The SMILES string of the molecule is Cc1cc(C)cc(N2C(=O)C(=O)/C(=C(/O)c3ccc([N+](=O)[O-])cc3)C2c2cn(C)c3ccccc23)c1. The molecular formula is C28H23N3O5. The van der Waals surface area contributed by atoms with E-state index in [4.69, 9.17) is 0 Å². The summed E-state index contributed by atoms with van der Waals surface area (Å²) in [6, 6.07) is 17.6. The molecule has 1 fully saturated rings. The number of ketones is 1. The van der Waals surface area contributed by atoms with Crippen molar-refractivity contribution in [3.8, 4) is 0 Å². The number of fused-ring (bicyclic) bond motifs is 1. The number of benzene rings is 3. The summed E-state index contributed by atoms with van der Waals surface area (Å²) in [5.41, 5.74) is 4.01. The molecule has 1 aliphatic rings. The Morgan fingerprint density at radius 2 is 1.61 bits per heavy atom. The highest BCUT2D eigenvalue weighted by atomic mass is 16.6. The number of nitrogens with zero attached hydrogens (tertiary/aromatic N) is 3. The number of hydrogen-bond donors (Lipinski definition) is 1. The number of amides is 1. The first-order valence-electron chi connectivity index (χ1n) is 11.4. The summed E-state index contributed by atoms with van der Waals surface area (Å²) in [7, 11) is 1.88. The molecule has 5 rings (SSSR count). The number of non-ortho nitro benzene ring substituents is 1. The fourth-order valence-corrected chi connectivity index (χ4v) is 4.97. The van der Waals surface area contributed by atoms with Gasteiger partial charge in [0.2, 0.25) is 0 Å². The van der Waals surface area contributed by atoms with Gasteiger partial charge < -0.3 is 9.67 Å². The van der Waals surface area contributed by atoms with Crippen molar-refractivity contribution >= 4 is 39.7 Å². The van der Waals surface area contributed by atoms with Crippen LogP contribution in [-0.2, 0) is 16.6 Å². The van der Waals surface area contributed by atoms with E-state index in [1.165, 1.54) is 29.2 Å². The molecule has 1 aromatic heterocycles. The van der Waals surface area contributed by atoms with Crippen LogP contribution in [-0.4, -0.2) is 26.3 Å². The van der Waals surface area contributed by atoms with Crippen molar-refractivity contribution in [2.24, 2.45) is 7.05 Å². The molecule has 0 radical (unpaired) electrons. The van der Waals surface area contributed by atoms with E-state index in [2.05, 4.69) is 0 Å². The first-order chi connectivity index (χ1) is 17.2. The number of nitro groups is 1. The number of Topliss-reactive ketones (excluding diaryl/α,β-unsaturated/α-hetero) is 1. The Bertz CT molecular complexity index is 1580. The van der Waals surface area contributed by atoms with E-state index in [0.717, 1.165) is 22.0 Å². The first-order valence-corrected chi connectivity index (χ1v) is 11.4. The molecular weight excluding hydrogens is 458 g/mol. The summed E-state index contributed by atoms with van der Waals surface area (Å²) in [6.07, 6.45) is 1.86. The number of aryl methyl sites for hydroxylation is 3. The average Bonchev–Trinajstić information content (AvgIpc) is 3.31. The maximum absolute atomic E-state index is 13.5. The second-order valence-electron chi connectivity index (χ2n) is 9.03. The second kappa shape index (κ2) is 8.49. The number of nitro benzene ring substituents is 1. The van der Waals surface area contributed by atoms with E-state index in [1.807, 2.05) is 74.1 Å². The molecule has 1 atom stereocenters. The van der Waals surface area contributed by atoms with Crippen LogP contribution in [0.15, 0.2) is 78.5 Å². The standard InChI is InChI=1S/C28H23N3O5/c1-16-12-17(2)14-20(13-16)30-25(22-15-29(3)23-7-5-4-6-21(22)23)24(27(33)28(30)34)26(32)18-8-10-19(11-9-18)31(35)36/h4-15,25,32H,1-3H3/b26-24+. The first kappa shape index (κ1) is 23.0. The Balaban J connectivity index is 1.79. The van der Waals surface area contributed by atoms with Crippen LogP contribution in [0.1, 0.15) is 28.3 Å². The number of aliphatic hydroxyl groups is 1. The van der Waals surface area contributed by atoms with E-state index in [1.54, 1.807) is 0 Å². The molecule has 3 aromatic carbocycles. The van der Waals surface area contributed by atoms with E-state index in [9.17, 15) is 24.8 Å². The number of aliphatic hydroxyl groups excluding tert-OH is 1. The van der Waals surface area contributed by atoms with Gasteiger partial charge in [0.1, 0.15) is 5.76 Å². The summed E-state index contributed by atoms with van der Waals surface area (Å²) < 4.78 is 1.91. The molecule has 2 heterocycles. The summed E-state index contributed by atoms with van der Waals surface area (Å²) >= 11 is 0. The van der Waals surface area contributed by atoms with Crippen LogP contribution in [0.2, 0.25) is 0 Å². The number of anilines is 1. The Hall–Kier alpha value is -4.72. The third kappa shape index (κ3) is 3.63. The van der Waals surface area contributed by atoms with Crippen molar-refractivity contribution in [1.29, 1.82) is 0 Å². The predicted molar refractivity (Wildman–Crippen MR) is 137 cm³/mol. The zero-order valence-corrected chi connectivity index (χ0v) is 19.9. The zero-order chi connectivity index (χ0) is 25.7. The van der Waals surface area contributed by atoms with Crippen LogP contribution < -0.4 is 4.90 Å². The molecule has 0 bridgehead atoms. The maximum Gasteiger partial charge on any atom is 0.300 e. The van der Waals surface area contributed by atoms with Crippen LogP contribution >= 0.6 is 0 Å². The number of carbonyl (C=O) groups is 2. The molecule has 1 amide bonds. The summed E-state index contributed by atoms with van der Waals surface area (Å²) in [5, 5.41) is 23.2. The molecule has 0 spiro atoms. The van der Waals surface area contributed by atoms with E-state index < -0.39 is 22.7 Å².